The van der Waals surface area contributed by atoms with E-state index in [0.717, 1.165) is 12.1 Å². The van der Waals surface area contributed by atoms with E-state index in [-0.39, 0.29) is 28.9 Å². The average Bonchev–Trinajstić information content (AvgIpc) is 2.97. The van der Waals surface area contributed by atoms with Crippen LogP contribution >= 0.6 is 11.8 Å². The summed E-state index contributed by atoms with van der Waals surface area (Å²) in [6.07, 6.45) is 0.468. The van der Waals surface area contributed by atoms with Crippen LogP contribution in [0.15, 0.2) is 41.4 Å². The molecule has 12 heteroatoms. The number of nitrogens with one attached hydrogen (secondary N) is 1. The third-order valence-electron chi connectivity index (χ3n) is 7.56. The number of hydrogen-bond acceptors (Lipinski definition) is 6. The van der Waals surface area contributed by atoms with Crippen molar-refractivity contribution in [3.8, 4) is 5.75 Å². The van der Waals surface area contributed by atoms with Crippen LogP contribution in [0.4, 0.5) is 22.0 Å². The monoisotopic (exact) mass is 583 g/mol. The second-order valence-electron chi connectivity index (χ2n) is 9.83. The average molecular weight is 584 g/mol. The number of rotatable bonds is 11. The molecule has 0 aliphatic carbocycles. The van der Waals surface area contributed by atoms with Gasteiger partial charge in [0.25, 0.3) is 0 Å². The van der Waals surface area contributed by atoms with Crippen molar-refractivity contribution in [2.75, 3.05) is 32.5 Å². The van der Waals surface area contributed by atoms with E-state index in [0.29, 0.717) is 54.9 Å². The summed E-state index contributed by atoms with van der Waals surface area (Å²) in [7, 11) is 1.48. The fraction of sp³-hybridized carbons (Fsp3) is 0.429. The molecule has 4 rings (SSSR count). The van der Waals surface area contributed by atoms with E-state index in [4.69, 9.17) is 4.74 Å². The van der Waals surface area contributed by atoms with Gasteiger partial charge in [0.1, 0.15) is 18.6 Å². The molecule has 1 aliphatic rings. The van der Waals surface area contributed by atoms with Gasteiger partial charge in [-0.1, -0.05) is 0 Å². The molecule has 2 N–H and O–H groups in total. The van der Waals surface area contributed by atoms with Crippen LogP contribution in [0.3, 0.4) is 0 Å². The number of hydroxylamine groups is 1. The number of amides is 1. The van der Waals surface area contributed by atoms with Crippen molar-refractivity contribution in [2.24, 2.45) is 5.41 Å². The molecule has 1 amide bonds. The highest BCUT2D eigenvalue weighted by Crippen LogP contribution is 2.41. The van der Waals surface area contributed by atoms with Crippen molar-refractivity contribution in [2.45, 2.75) is 43.4 Å². The molecule has 0 bridgehead atoms. The van der Waals surface area contributed by atoms with Crippen LogP contribution in [0.25, 0.3) is 10.9 Å². The number of carbonyl (C=O) groups excluding carboxylic acids is 1. The highest BCUT2D eigenvalue weighted by atomic mass is 32.2. The maximum absolute atomic E-state index is 15.8. The Morgan fingerprint density at radius 3 is 2.52 bits per heavy atom. The Kier molecular flexibility index (Phi) is 9.85. The van der Waals surface area contributed by atoms with E-state index < -0.39 is 41.6 Å². The quantitative estimate of drug-likeness (QED) is 0.0908. The minimum absolute atomic E-state index is 0.0751. The van der Waals surface area contributed by atoms with E-state index in [1.807, 2.05) is 0 Å². The number of aromatic nitrogens is 1. The lowest BCUT2D eigenvalue weighted by Gasteiger charge is -2.40. The van der Waals surface area contributed by atoms with Gasteiger partial charge in [-0.3, -0.25) is 15.0 Å². The molecule has 1 aromatic heterocycles. The standard InChI is InChI=1S/C28H30F5N3O3S/c1-39-18-2-3-24-20(12-18)25(17(15-29)16-34-24)21(30)4-5-28(27(37)35-38)6-8-36(9-7-28)10-11-40-19-13-22(31)26(33)23(32)14-19/h2-3,12-14,16,21,38H,4-11,15H2,1H3,(H,35,37). The van der Waals surface area contributed by atoms with Crippen LogP contribution in [0.1, 0.15) is 43.0 Å². The van der Waals surface area contributed by atoms with E-state index in [2.05, 4.69) is 9.88 Å². The van der Waals surface area contributed by atoms with E-state index in [1.165, 1.54) is 25.1 Å². The summed E-state index contributed by atoms with van der Waals surface area (Å²) in [5.74, 6) is -3.64. The lowest BCUT2D eigenvalue weighted by molar-refractivity contribution is -0.143. The Labute approximate surface area is 232 Å². The fourth-order valence-corrected chi connectivity index (χ4v) is 6.16. The minimum Gasteiger partial charge on any atom is -0.497 e. The second-order valence-corrected chi connectivity index (χ2v) is 11.0. The first-order valence-corrected chi connectivity index (χ1v) is 13.8. The number of hydrogen-bond donors (Lipinski definition) is 2. The molecule has 1 fully saturated rings. The maximum Gasteiger partial charge on any atom is 0.249 e. The van der Waals surface area contributed by atoms with Crippen molar-refractivity contribution >= 4 is 28.6 Å². The second kappa shape index (κ2) is 13.1. The van der Waals surface area contributed by atoms with Gasteiger partial charge in [0.2, 0.25) is 5.91 Å². The van der Waals surface area contributed by atoms with Crippen LogP contribution in [0, 0.1) is 22.9 Å². The van der Waals surface area contributed by atoms with Gasteiger partial charge in [-0.15, -0.1) is 11.8 Å². The summed E-state index contributed by atoms with van der Waals surface area (Å²) in [6.45, 7) is 0.589. The van der Waals surface area contributed by atoms with E-state index in [1.54, 1.807) is 23.7 Å². The zero-order valence-electron chi connectivity index (χ0n) is 21.9. The molecule has 2 aromatic carbocycles. The Morgan fingerprint density at radius 1 is 1.20 bits per heavy atom. The fourth-order valence-electron chi connectivity index (χ4n) is 5.21. The largest absolute Gasteiger partial charge is 0.497 e. The van der Waals surface area contributed by atoms with E-state index >= 15 is 4.39 Å². The lowest BCUT2D eigenvalue weighted by Crippen LogP contribution is -2.48. The topological polar surface area (TPSA) is 74.7 Å². The zero-order chi connectivity index (χ0) is 28.9. The molecular formula is C28H30F5N3O3S. The normalized spacial score (nSPS) is 16.2. The lowest BCUT2D eigenvalue weighted by atomic mass is 9.73. The number of fused-ring (bicyclic) bond motifs is 1. The van der Waals surface area contributed by atoms with Crippen molar-refractivity contribution in [3.63, 3.8) is 0 Å². The number of nitrogens with zero attached hydrogens (tertiary/aromatic N) is 2. The summed E-state index contributed by atoms with van der Waals surface area (Å²) >= 11 is 1.18. The summed E-state index contributed by atoms with van der Waals surface area (Å²) in [5, 5.41) is 9.88. The Hall–Kier alpha value is -2.96. The number of alkyl halides is 2. The number of benzene rings is 2. The van der Waals surface area contributed by atoms with Gasteiger partial charge in [0, 0.05) is 39.9 Å². The molecule has 2 heterocycles. The molecule has 216 valence electrons. The number of ether oxygens (including phenoxy) is 1. The smallest absolute Gasteiger partial charge is 0.249 e. The van der Waals surface area contributed by atoms with Gasteiger partial charge in [0.05, 0.1) is 18.0 Å². The Morgan fingerprint density at radius 2 is 1.90 bits per heavy atom. The first-order chi connectivity index (χ1) is 19.2. The van der Waals surface area contributed by atoms with Crippen LogP contribution in [-0.2, 0) is 11.5 Å². The summed E-state index contributed by atoms with van der Waals surface area (Å²) in [5.41, 5.74) is 1.50. The molecule has 1 atom stereocenters. The third-order valence-corrected chi connectivity index (χ3v) is 8.52. The van der Waals surface area contributed by atoms with Gasteiger partial charge in [-0.05, 0) is 69.1 Å². The highest BCUT2D eigenvalue weighted by molar-refractivity contribution is 7.99. The number of thioether (sulfide) groups is 1. The number of pyridine rings is 1. The van der Waals surface area contributed by atoms with Gasteiger partial charge in [-0.2, -0.15) is 0 Å². The Bertz CT molecular complexity index is 1330. The molecule has 6 nitrogen and oxygen atoms in total. The summed E-state index contributed by atoms with van der Waals surface area (Å²) in [6, 6.07) is 6.86. The summed E-state index contributed by atoms with van der Waals surface area (Å²) in [4.78, 5) is 19.3. The third kappa shape index (κ3) is 6.50. The van der Waals surface area contributed by atoms with Gasteiger partial charge in [0.15, 0.2) is 17.5 Å². The van der Waals surface area contributed by atoms with Crippen LogP contribution < -0.4 is 10.2 Å². The van der Waals surface area contributed by atoms with Crippen molar-refractivity contribution < 1.29 is 36.7 Å². The number of likely N-dealkylation sites (tertiary alicyclic amines) is 1. The van der Waals surface area contributed by atoms with Gasteiger partial charge in [-0.25, -0.2) is 27.4 Å². The van der Waals surface area contributed by atoms with Crippen molar-refractivity contribution in [3.05, 3.63) is 65.1 Å². The molecule has 0 radical (unpaired) electrons. The summed E-state index contributed by atoms with van der Waals surface area (Å²) < 4.78 is 75.0. The van der Waals surface area contributed by atoms with Crippen LogP contribution in [-0.4, -0.2) is 53.5 Å². The SMILES string of the molecule is COc1ccc2ncc(CF)c(C(F)CCC3(C(=O)NO)CCN(CCSc4cc(F)c(F)c(F)c4)CC3)c2c1. The van der Waals surface area contributed by atoms with Crippen molar-refractivity contribution in [1.82, 2.24) is 15.4 Å². The number of carbonyl (C=O) groups is 1. The zero-order valence-corrected chi connectivity index (χ0v) is 22.7. The first-order valence-electron chi connectivity index (χ1n) is 12.8. The molecule has 1 aliphatic heterocycles. The van der Waals surface area contributed by atoms with Crippen LogP contribution in [0.2, 0.25) is 0 Å². The number of piperidine rings is 1. The molecule has 0 spiro atoms. The molecule has 40 heavy (non-hydrogen) atoms. The highest BCUT2D eigenvalue weighted by Gasteiger charge is 2.41. The molecule has 3 aromatic rings. The van der Waals surface area contributed by atoms with Crippen molar-refractivity contribution in [1.29, 1.82) is 0 Å². The first kappa shape index (κ1) is 30.0. The Balaban J connectivity index is 1.41. The molecule has 0 saturated carbocycles. The predicted octanol–water partition coefficient (Wildman–Crippen LogP) is 6.30. The molecule has 1 saturated heterocycles. The van der Waals surface area contributed by atoms with E-state index in [9.17, 15) is 27.6 Å². The van der Waals surface area contributed by atoms with Gasteiger partial charge < -0.3 is 9.64 Å². The minimum atomic E-state index is -1.59. The van der Waals surface area contributed by atoms with Gasteiger partial charge >= 0.3 is 0 Å². The van der Waals surface area contributed by atoms with Crippen LogP contribution in [0.5, 0.6) is 5.75 Å². The molecular weight excluding hydrogens is 553 g/mol. The maximum atomic E-state index is 15.8. The number of methoxy groups -OCH3 is 1. The number of halogens is 5. The molecule has 1 unspecified atom stereocenters. The predicted molar refractivity (Wildman–Crippen MR) is 141 cm³/mol.